The van der Waals surface area contributed by atoms with Gasteiger partial charge in [-0.25, -0.2) is 4.79 Å². The number of benzene rings is 2. The van der Waals surface area contributed by atoms with E-state index in [9.17, 15) is 9.59 Å². The lowest BCUT2D eigenvalue weighted by Crippen LogP contribution is -2.54. The van der Waals surface area contributed by atoms with E-state index in [-0.39, 0.29) is 5.91 Å². The Balaban J connectivity index is 1.48. The smallest absolute Gasteiger partial charge is 0.319 e. The number of likely N-dealkylation sites (tertiary alicyclic amines) is 1. The molecule has 0 aliphatic carbocycles. The van der Waals surface area contributed by atoms with E-state index in [2.05, 4.69) is 20.9 Å². The Morgan fingerprint density at radius 2 is 1.61 bits per heavy atom. The first-order valence-corrected chi connectivity index (χ1v) is 11.7. The summed E-state index contributed by atoms with van der Waals surface area (Å²) >= 11 is 0. The Bertz CT molecular complexity index is 888. The Hall–Kier alpha value is -3.06. The van der Waals surface area contributed by atoms with Crippen molar-refractivity contribution >= 4 is 17.6 Å². The third kappa shape index (κ3) is 8.09. The molecule has 0 radical (unpaired) electrons. The summed E-state index contributed by atoms with van der Waals surface area (Å²) in [6.07, 6.45) is 3.44. The molecule has 1 heterocycles. The van der Waals surface area contributed by atoms with Gasteiger partial charge in [0.05, 0.1) is 0 Å². The number of nitrogens with one attached hydrogen (secondary N) is 3. The maximum atomic E-state index is 12.8. The van der Waals surface area contributed by atoms with E-state index in [0.717, 1.165) is 31.8 Å². The van der Waals surface area contributed by atoms with Crippen LogP contribution < -0.4 is 20.7 Å². The third-order valence-electron chi connectivity index (χ3n) is 5.64. The number of para-hydroxylation sites is 1. The number of amides is 3. The lowest BCUT2D eigenvalue weighted by atomic mass is 9.86. The Kier molecular flexibility index (Phi) is 8.72. The highest BCUT2D eigenvalue weighted by Crippen LogP contribution is 2.23. The Morgan fingerprint density at radius 3 is 2.24 bits per heavy atom. The van der Waals surface area contributed by atoms with Crippen molar-refractivity contribution in [2.75, 3.05) is 31.5 Å². The minimum Gasteiger partial charge on any atom is -0.457 e. The average molecular weight is 453 g/mol. The van der Waals surface area contributed by atoms with Crippen LogP contribution in [0.5, 0.6) is 11.5 Å². The number of urea groups is 1. The maximum Gasteiger partial charge on any atom is 0.319 e. The predicted molar refractivity (Wildman–Crippen MR) is 132 cm³/mol. The van der Waals surface area contributed by atoms with E-state index >= 15 is 0 Å². The molecule has 7 heteroatoms. The molecule has 1 aliphatic heterocycles. The number of hydrogen-bond donors (Lipinski definition) is 3. The van der Waals surface area contributed by atoms with Crippen LogP contribution in [0.15, 0.2) is 54.6 Å². The molecule has 3 rings (SSSR count). The molecule has 2 aromatic carbocycles. The molecule has 1 atom stereocenters. The van der Waals surface area contributed by atoms with Gasteiger partial charge in [0.15, 0.2) is 0 Å². The molecule has 2 aromatic rings. The van der Waals surface area contributed by atoms with Crippen LogP contribution in [-0.4, -0.2) is 49.1 Å². The summed E-state index contributed by atoms with van der Waals surface area (Å²) in [5.74, 6) is 1.26. The van der Waals surface area contributed by atoms with Gasteiger partial charge in [-0.15, -0.1) is 0 Å². The predicted octanol–water partition coefficient (Wildman–Crippen LogP) is 4.62. The van der Waals surface area contributed by atoms with Crippen molar-refractivity contribution in [3.8, 4) is 11.5 Å². The van der Waals surface area contributed by atoms with E-state index in [0.29, 0.717) is 18.0 Å². The van der Waals surface area contributed by atoms with Gasteiger partial charge in [-0.05, 0) is 80.7 Å². The van der Waals surface area contributed by atoms with Gasteiger partial charge < -0.3 is 25.6 Å². The first-order chi connectivity index (χ1) is 15.8. The zero-order valence-electron chi connectivity index (χ0n) is 19.9. The fourth-order valence-electron chi connectivity index (χ4n) is 3.83. The summed E-state index contributed by atoms with van der Waals surface area (Å²) in [7, 11) is 0. The number of ether oxygens (including phenoxy) is 1. The van der Waals surface area contributed by atoms with Gasteiger partial charge in [0.2, 0.25) is 5.91 Å². The van der Waals surface area contributed by atoms with Gasteiger partial charge in [-0.2, -0.15) is 0 Å². The number of carbonyl (C=O) groups excluding carboxylic acids is 2. The fraction of sp³-hybridized carbons (Fsp3) is 0.462. The molecule has 0 unspecified atom stereocenters. The molecular weight excluding hydrogens is 416 g/mol. The first-order valence-electron chi connectivity index (χ1n) is 11.7. The topological polar surface area (TPSA) is 82.7 Å². The fourth-order valence-corrected chi connectivity index (χ4v) is 3.83. The van der Waals surface area contributed by atoms with E-state index in [1.54, 1.807) is 24.3 Å². The SMILES string of the molecule is CC(C)(C)[C@H](NC(=O)Nc1ccc(Oc2ccccc2)cc1)C(=O)NCCCN1CCCC1. The van der Waals surface area contributed by atoms with Gasteiger partial charge in [0, 0.05) is 12.2 Å². The average Bonchev–Trinajstić information content (AvgIpc) is 3.30. The molecular formula is C26H36N4O3. The molecule has 0 bridgehead atoms. The highest BCUT2D eigenvalue weighted by molar-refractivity contribution is 5.94. The molecule has 0 saturated carbocycles. The van der Waals surface area contributed by atoms with Crippen molar-refractivity contribution in [2.45, 2.75) is 46.1 Å². The van der Waals surface area contributed by atoms with E-state index in [1.807, 2.05) is 51.1 Å². The molecule has 0 aromatic heterocycles. The number of rotatable bonds is 9. The summed E-state index contributed by atoms with van der Waals surface area (Å²) in [4.78, 5) is 27.8. The highest BCUT2D eigenvalue weighted by atomic mass is 16.5. The number of hydrogen-bond acceptors (Lipinski definition) is 4. The monoisotopic (exact) mass is 452 g/mol. The highest BCUT2D eigenvalue weighted by Gasteiger charge is 2.32. The molecule has 178 valence electrons. The molecule has 3 N–H and O–H groups in total. The van der Waals surface area contributed by atoms with Crippen molar-refractivity contribution in [1.29, 1.82) is 0 Å². The zero-order valence-corrected chi connectivity index (χ0v) is 19.9. The molecule has 1 saturated heterocycles. The number of nitrogens with zero attached hydrogens (tertiary/aromatic N) is 1. The first kappa shape index (κ1) is 24.6. The largest absolute Gasteiger partial charge is 0.457 e. The minimum absolute atomic E-state index is 0.161. The van der Waals surface area contributed by atoms with Crippen molar-refractivity contribution < 1.29 is 14.3 Å². The quantitative estimate of drug-likeness (QED) is 0.485. The van der Waals surface area contributed by atoms with Crippen LogP contribution in [0.3, 0.4) is 0 Å². The van der Waals surface area contributed by atoms with Gasteiger partial charge in [-0.3, -0.25) is 4.79 Å². The van der Waals surface area contributed by atoms with Crippen LogP contribution in [0.1, 0.15) is 40.0 Å². The van der Waals surface area contributed by atoms with Crippen molar-refractivity contribution in [2.24, 2.45) is 5.41 Å². The maximum absolute atomic E-state index is 12.8. The molecule has 1 fully saturated rings. The van der Waals surface area contributed by atoms with Gasteiger partial charge >= 0.3 is 6.03 Å². The lowest BCUT2D eigenvalue weighted by molar-refractivity contribution is -0.125. The number of carbonyl (C=O) groups is 2. The van der Waals surface area contributed by atoms with E-state index in [4.69, 9.17) is 4.74 Å². The standard InChI is InChI=1S/C26H36N4O3/c1-26(2,3)23(24(31)27-16-9-19-30-17-7-8-18-30)29-25(32)28-20-12-14-22(15-13-20)33-21-10-5-4-6-11-21/h4-6,10-15,23H,7-9,16-19H2,1-3H3,(H,27,31)(H2,28,29,32)/t23-/m1/s1. The zero-order chi connectivity index (χ0) is 23.7. The van der Waals surface area contributed by atoms with Gasteiger partial charge in [0.1, 0.15) is 17.5 Å². The second kappa shape index (κ2) is 11.7. The van der Waals surface area contributed by atoms with Crippen LogP contribution >= 0.6 is 0 Å². The van der Waals surface area contributed by atoms with Crippen molar-refractivity contribution in [3.05, 3.63) is 54.6 Å². The Labute approximate surface area is 196 Å². The van der Waals surface area contributed by atoms with Crippen LogP contribution in [0, 0.1) is 5.41 Å². The minimum atomic E-state index is -0.648. The van der Waals surface area contributed by atoms with Gasteiger partial charge in [0.25, 0.3) is 0 Å². The second-order valence-corrected chi connectivity index (χ2v) is 9.53. The van der Waals surface area contributed by atoms with Crippen LogP contribution in [0.25, 0.3) is 0 Å². The molecule has 3 amide bonds. The molecule has 0 spiro atoms. The third-order valence-corrected chi connectivity index (χ3v) is 5.64. The van der Waals surface area contributed by atoms with Crippen molar-refractivity contribution in [1.82, 2.24) is 15.5 Å². The van der Waals surface area contributed by atoms with Gasteiger partial charge in [-0.1, -0.05) is 39.0 Å². The van der Waals surface area contributed by atoms with E-state index < -0.39 is 17.5 Å². The summed E-state index contributed by atoms with van der Waals surface area (Å²) in [5, 5.41) is 8.63. The lowest BCUT2D eigenvalue weighted by Gasteiger charge is -2.30. The number of anilines is 1. The van der Waals surface area contributed by atoms with Crippen LogP contribution in [-0.2, 0) is 4.79 Å². The summed E-state index contributed by atoms with van der Waals surface area (Å²) in [6, 6.07) is 15.5. The second-order valence-electron chi connectivity index (χ2n) is 9.53. The van der Waals surface area contributed by atoms with Crippen LogP contribution in [0.2, 0.25) is 0 Å². The Morgan fingerprint density at radius 1 is 0.970 bits per heavy atom. The van der Waals surface area contributed by atoms with Crippen LogP contribution in [0.4, 0.5) is 10.5 Å². The normalized spacial score (nSPS) is 15.0. The molecule has 1 aliphatic rings. The molecule has 33 heavy (non-hydrogen) atoms. The summed E-state index contributed by atoms with van der Waals surface area (Å²) < 4.78 is 5.77. The molecule has 7 nitrogen and oxygen atoms in total. The summed E-state index contributed by atoms with van der Waals surface area (Å²) in [5.41, 5.74) is 0.190. The van der Waals surface area contributed by atoms with Crippen molar-refractivity contribution in [3.63, 3.8) is 0 Å². The summed E-state index contributed by atoms with van der Waals surface area (Å²) in [6.45, 7) is 9.73. The van der Waals surface area contributed by atoms with E-state index in [1.165, 1.54) is 12.8 Å².